The van der Waals surface area contributed by atoms with Crippen molar-refractivity contribution in [1.29, 1.82) is 0 Å². The van der Waals surface area contributed by atoms with E-state index in [1.807, 2.05) is 20.8 Å². The standard InChI is InChI=1S/C13H22N2O4/c1-7(11(16)17)14-10-8-5-15(6-9(8)10)12(18)19-13(2,3)4/h7-10,14H,5-6H2,1-4H3,(H,16,17). The van der Waals surface area contributed by atoms with E-state index < -0.39 is 17.6 Å². The number of aliphatic carboxylic acids is 1. The van der Waals surface area contributed by atoms with Crippen molar-refractivity contribution in [2.24, 2.45) is 11.8 Å². The minimum atomic E-state index is -0.839. The van der Waals surface area contributed by atoms with Crippen LogP contribution < -0.4 is 5.32 Å². The molecule has 0 spiro atoms. The van der Waals surface area contributed by atoms with Crippen molar-refractivity contribution in [3.05, 3.63) is 0 Å². The molecule has 1 saturated carbocycles. The molecule has 108 valence electrons. The van der Waals surface area contributed by atoms with Crippen LogP contribution in [0.4, 0.5) is 4.79 Å². The summed E-state index contributed by atoms with van der Waals surface area (Å²) >= 11 is 0. The van der Waals surface area contributed by atoms with Gasteiger partial charge in [-0.1, -0.05) is 0 Å². The molecular weight excluding hydrogens is 248 g/mol. The van der Waals surface area contributed by atoms with Gasteiger partial charge in [0.15, 0.2) is 0 Å². The van der Waals surface area contributed by atoms with E-state index in [0.717, 1.165) is 0 Å². The summed E-state index contributed by atoms with van der Waals surface area (Å²) in [7, 11) is 0. The summed E-state index contributed by atoms with van der Waals surface area (Å²) in [5.41, 5.74) is -0.473. The van der Waals surface area contributed by atoms with Gasteiger partial charge in [-0.3, -0.25) is 4.79 Å². The average Bonchev–Trinajstić information content (AvgIpc) is 2.72. The predicted octanol–water partition coefficient (Wildman–Crippen LogP) is 0.914. The zero-order chi connectivity index (χ0) is 14.4. The molecule has 3 atom stereocenters. The van der Waals surface area contributed by atoms with Crippen molar-refractivity contribution in [1.82, 2.24) is 10.2 Å². The summed E-state index contributed by atoms with van der Waals surface area (Å²) < 4.78 is 5.32. The highest BCUT2D eigenvalue weighted by Crippen LogP contribution is 2.46. The molecule has 6 heteroatoms. The van der Waals surface area contributed by atoms with E-state index in [1.54, 1.807) is 11.8 Å². The number of carbonyl (C=O) groups excluding carboxylic acids is 1. The van der Waals surface area contributed by atoms with Gasteiger partial charge < -0.3 is 20.1 Å². The Bertz CT molecular complexity index is 379. The van der Waals surface area contributed by atoms with Gasteiger partial charge in [0.25, 0.3) is 0 Å². The zero-order valence-electron chi connectivity index (χ0n) is 11.8. The van der Waals surface area contributed by atoms with Gasteiger partial charge in [0.2, 0.25) is 0 Å². The van der Waals surface area contributed by atoms with Crippen LogP contribution in [0.15, 0.2) is 0 Å². The van der Waals surface area contributed by atoms with Gasteiger partial charge in [0.1, 0.15) is 11.6 Å². The van der Waals surface area contributed by atoms with Crippen LogP contribution in [0.5, 0.6) is 0 Å². The zero-order valence-corrected chi connectivity index (χ0v) is 11.8. The van der Waals surface area contributed by atoms with Crippen molar-refractivity contribution < 1.29 is 19.4 Å². The highest BCUT2D eigenvalue weighted by Gasteiger charge is 2.57. The van der Waals surface area contributed by atoms with Gasteiger partial charge >= 0.3 is 12.1 Å². The van der Waals surface area contributed by atoms with E-state index in [4.69, 9.17) is 9.84 Å². The number of hydrogen-bond donors (Lipinski definition) is 2. The van der Waals surface area contributed by atoms with Gasteiger partial charge in [-0.2, -0.15) is 0 Å². The normalized spacial score (nSPS) is 30.7. The van der Waals surface area contributed by atoms with Crippen LogP contribution in [0, 0.1) is 11.8 Å². The highest BCUT2D eigenvalue weighted by atomic mass is 16.6. The third-order valence-electron chi connectivity index (χ3n) is 3.66. The molecule has 2 rings (SSSR count). The van der Waals surface area contributed by atoms with Gasteiger partial charge in [0.05, 0.1) is 0 Å². The van der Waals surface area contributed by atoms with Crippen molar-refractivity contribution in [2.45, 2.75) is 45.4 Å². The third-order valence-corrected chi connectivity index (χ3v) is 3.66. The lowest BCUT2D eigenvalue weighted by molar-refractivity contribution is -0.139. The summed E-state index contributed by atoms with van der Waals surface area (Å²) in [5, 5.41) is 11.9. The second kappa shape index (κ2) is 4.67. The number of nitrogens with zero attached hydrogens (tertiary/aromatic N) is 1. The SMILES string of the molecule is CC(NC1C2CN(C(=O)OC(C)(C)C)CC21)C(=O)O. The Balaban J connectivity index is 1.77. The Kier molecular flexibility index (Phi) is 3.47. The van der Waals surface area contributed by atoms with Crippen LogP contribution in [0.25, 0.3) is 0 Å². The molecule has 1 heterocycles. The maximum atomic E-state index is 11.9. The fourth-order valence-corrected chi connectivity index (χ4v) is 2.61. The minimum absolute atomic E-state index is 0.227. The number of hydrogen-bond acceptors (Lipinski definition) is 4. The number of fused-ring (bicyclic) bond motifs is 1. The molecule has 2 fully saturated rings. The Labute approximate surface area is 113 Å². The number of carbonyl (C=O) groups is 2. The van der Waals surface area contributed by atoms with Crippen LogP contribution in [-0.4, -0.2) is 52.8 Å². The summed E-state index contributed by atoms with van der Waals surface area (Å²) in [6.45, 7) is 8.50. The van der Waals surface area contributed by atoms with E-state index in [-0.39, 0.29) is 12.1 Å². The first-order valence-electron chi connectivity index (χ1n) is 6.66. The molecule has 0 bridgehead atoms. The summed E-state index contributed by atoms with van der Waals surface area (Å²) in [6.07, 6.45) is -0.273. The van der Waals surface area contributed by atoms with Crippen LogP contribution >= 0.6 is 0 Å². The quantitative estimate of drug-likeness (QED) is 0.797. The number of rotatable bonds is 3. The molecule has 1 saturated heterocycles. The number of ether oxygens (including phenoxy) is 1. The molecule has 2 N–H and O–H groups in total. The van der Waals surface area contributed by atoms with Crippen molar-refractivity contribution in [2.75, 3.05) is 13.1 Å². The van der Waals surface area contributed by atoms with Crippen LogP contribution in [0.1, 0.15) is 27.7 Å². The second-order valence-corrected chi connectivity index (χ2v) is 6.47. The smallest absolute Gasteiger partial charge is 0.410 e. The molecule has 0 radical (unpaired) electrons. The topological polar surface area (TPSA) is 78.9 Å². The van der Waals surface area contributed by atoms with E-state index in [9.17, 15) is 9.59 Å². The minimum Gasteiger partial charge on any atom is -0.480 e. The second-order valence-electron chi connectivity index (χ2n) is 6.47. The maximum Gasteiger partial charge on any atom is 0.410 e. The average molecular weight is 270 g/mol. The number of carboxylic acids is 1. The number of piperidine rings is 1. The van der Waals surface area contributed by atoms with Gasteiger partial charge in [-0.05, 0) is 39.5 Å². The van der Waals surface area contributed by atoms with E-state index in [2.05, 4.69) is 5.32 Å². The molecule has 1 aliphatic heterocycles. The molecule has 3 unspecified atom stereocenters. The van der Waals surface area contributed by atoms with E-state index in [1.165, 1.54) is 0 Å². The van der Waals surface area contributed by atoms with Gasteiger partial charge in [-0.25, -0.2) is 4.79 Å². The lowest BCUT2D eigenvalue weighted by Gasteiger charge is -2.26. The lowest BCUT2D eigenvalue weighted by Crippen LogP contribution is -2.42. The Morgan fingerprint density at radius 3 is 2.26 bits per heavy atom. The van der Waals surface area contributed by atoms with Crippen LogP contribution in [-0.2, 0) is 9.53 Å². The molecule has 1 aliphatic carbocycles. The molecule has 0 aromatic carbocycles. The third kappa shape index (κ3) is 3.18. The molecule has 0 aromatic heterocycles. The number of amides is 1. The fraction of sp³-hybridized carbons (Fsp3) is 0.846. The van der Waals surface area contributed by atoms with E-state index >= 15 is 0 Å². The van der Waals surface area contributed by atoms with Gasteiger partial charge in [-0.15, -0.1) is 0 Å². The molecule has 0 aromatic rings. The van der Waals surface area contributed by atoms with Crippen molar-refractivity contribution in [3.63, 3.8) is 0 Å². The molecule has 1 amide bonds. The van der Waals surface area contributed by atoms with Crippen molar-refractivity contribution in [3.8, 4) is 0 Å². The fourth-order valence-electron chi connectivity index (χ4n) is 2.61. The number of nitrogens with one attached hydrogen (secondary N) is 1. The molecular formula is C13H22N2O4. The van der Waals surface area contributed by atoms with Crippen LogP contribution in [0.2, 0.25) is 0 Å². The first kappa shape index (κ1) is 14.1. The first-order valence-corrected chi connectivity index (χ1v) is 6.66. The monoisotopic (exact) mass is 270 g/mol. The van der Waals surface area contributed by atoms with Crippen molar-refractivity contribution >= 4 is 12.1 Å². The number of carboxylic acid groups (broad SMARTS) is 1. The maximum absolute atomic E-state index is 11.9. The largest absolute Gasteiger partial charge is 0.480 e. The Hall–Kier alpha value is -1.30. The molecule has 19 heavy (non-hydrogen) atoms. The summed E-state index contributed by atoms with van der Waals surface area (Å²) in [5.74, 6) is -0.0994. The number of likely N-dealkylation sites (tertiary alicyclic amines) is 1. The van der Waals surface area contributed by atoms with Crippen LogP contribution in [0.3, 0.4) is 0 Å². The molecule has 6 nitrogen and oxygen atoms in total. The summed E-state index contributed by atoms with van der Waals surface area (Å²) in [6, 6.07) is -0.310. The summed E-state index contributed by atoms with van der Waals surface area (Å²) in [4.78, 5) is 24.3. The van der Waals surface area contributed by atoms with Gasteiger partial charge in [0, 0.05) is 19.1 Å². The Morgan fingerprint density at radius 2 is 1.84 bits per heavy atom. The lowest BCUT2D eigenvalue weighted by atomic mass is 10.2. The predicted molar refractivity (Wildman–Crippen MR) is 68.8 cm³/mol. The molecule has 2 aliphatic rings. The highest BCUT2D eigenvalue weighted by molar-refractivity contribution is 5.73. The Morgan fingerprint density at radius 1 is 1.32 bits per heavy atom. The van der Waals surface area contributed by atoms with E-state index in [0.29, 0.717) is 24.9 Å². The first-order chi connectivity index (χ1) is 8.69.